The summed E-state index contributed by atoms with van der Waals surface area (Å²) in [5.41, 5.74) is 3.59. The minimum Gasteiger partial charge on any atom is -0.497 e. The molecule has 0 atom stereocenters. The van der Waals surface area contributed by atoms with Gasteiger partial charge in [0.15, 0.2) is 11.5 Å². The molecule has 0 spiro atoms. The van der Waals surface area contributed by atoms with E-state index >= 15 is 0 Å². The number of ketones is 1. The number of carbonyl (C=O) groups is 1. The van der Waals surface area contributed by atoms with E-state index in [1.165, 1.54) is 0 Å². The van der Waals surface area contributed by atoms with Crippen molar-refractivity contribution in [1.82, 2.24) is 5.16 Å². The Labute approximate surface area is 190 Å². The number of aromatic nitrogens is 1. The molecule has 3 aromatic carbocycles. The highest BCUT2D eigenvalue weighted by Crippen LogP contribution is 2.31. The van der Waals surface area contributed by atoms with Crippen LogP contribution in [0.1, 0.15) is 27.4 Å². The Balaban J connectivity index is 1.33. The van der Waals surface area contributed by atoms with Crippen molar-refractivity contribution in [3.05, 3.63) is 102 Å². The molecule has 2 heterocycles. The molecule has 164 valence electrons. The van der Waals surface area contributed by atoms with Crippen molar-refractivity contribution in [3.63, 3.8) is 0 Å². The van der Waals surface area contributed by atoms with Gasteiger partial charge in [-0.05, 0) is 31.2 Å². The van der Waals surface area contributed by atoms with Crippen LogP contribution in [0.3, 0.4) is 0 Å². The molecule has 0 saturated carbocycles. The van der Waals surface area contributed by atoms with Crippen molar-refractivity contribution in [2.75, 3.05) is 7.11 Å². The predicted molar refractivity (Wildman–Crippen MR) is 124 cm³/mol. The van der Waals surface area contributed by atoms with Gasteiger partial charge in [-0.1, -0.05) is 47.6 Å². The fraction of sp³-hybridized carbons (Fsp3) is 0.111. The van der Waals surface area contributed by atoms with Crippen LogP contribution in [0.15, 0.2) is 87.8 Å². The largest absolute Gasteiger partial charge is 0.497 e. The number of hydrogen-bond donors (Lipinski definition) is 0. The van der Waals surface area contributed by atoms with E-state index in [1.807, 2.05) is 67.6 Å². The summed E-state index contributed by atoms with van der Waals surface area (Å²) in [7, 11) is 1.62. The van der Waals surface area contributed by atoms with Gasteiger partial charge in [0, 0.05) is 34.2 Å². The molecular formula is C27H21NO5. The summed E-state index contributed by atoms with van der Waals surface area (Å²) in [6.45, 7) is 2.09. The van der Waals surface area contributed by atoms with Crippen LogP contribution >= 0.6 is 0 Å². The molecule has 0 radical (unpaired) electrons. The van der Waals surface area contributed by atoms with Gasteiger partial charge in [-0.3, -0.25) is 4.79 Å². The third-order valence-electron chi connectivity index (χ3n) is 5.46. The highest BCUT2D eigenvalue weighted by atomic mass is 16.5. The monoisotopic (exact) mass is 439 g/mol. The van der Waals surface area contributed by atoms with E-state index in [4.69, 9.17) is 18.4 Å². The summed E-state index contributed by atoms with van der Waals surface area (Å²) in [4.78, 5) is 12.8. The molecule has 5 rings (SSSR count). The smallest absolute Gasteiger partial charge is 0.228 e. The molecule has 0 aliphatic carbocycles. The number of aryl methyl sites for hydroxylation is 1. The Hall–Kier alpha value is -4.32. The maximum Gasteiger partial charge on any atom is 0.228 e. The van der Waals surface area contributed by atoms with Gasteiger partial charge in [-0.25, -0.2) is 0 Å². The Bertz CT molecular complexity index is 1430. The van der Waals surface area contributed by atoms with E-state index in [0.29, 0.717) is 34.1 Å². The van der Waals surface area contributed by atoms with E-state index in [1.54, 1.807) is 25.3 Å². The molecule has 2 aromatic heterocycles. The average Bonchev–Trinajstić information content (AvgIpc) is 3.47. The molecule has 0 bridgehead atoms. The zero-order valence-corrected chi connectivity index (χ0v) is 18.2. The second kappa shape index (κ2) is 8.67. The number of benzene rings is 3. The van der Waals surface area contributed by atoms with Crippen molar-refractivity contribution in [3.8, 4) is 22.8 Å². The van der Waals surface area contributed by atoms with Gasteiger partial charge in [-0.15, -0.1) is 0 Å². The van der Waals surface area contributed by atoms with E-state index in [9.17, 15) is 4.79 Å². The number of furan rings is 1. The van der Waals surface area contributed by atoms with Gasteiger partial charge in [0.1, 0.15) is 29.4 Å². The number of rotatable bonds is 7. The van der Waals surface area contributed by atoms with E-state index in [-0.39, 0.29) is 12.4 Å². The second-order valence-electron chi connectivity index (χ2n) is 7.61. The second-order valence-corrected chi connectivity index (χ2v) is 7.61. The van der Waals surface area contributed by atoms with Gasteiger partial charge in [0.25, 0.3) is 0 Å². The highest BCUT2D eigenvalue weighted by molar-refractivity contribution is 6.10. The third-order valence-corrected chi connectivity index (χ3v) is 5.46. The lowest BCUT2D eigenvalue weighted by Gasteiger charge is -2.03. The van der Waals surface area contributed by atoms with Crippen LogP contribution in [0.5, 0.6) is 11.5 Å². The molecule has 5 aromatic rings. The van der Waals surface area contributed by atoms with E-state index in [0.717, 1.165) is 22.3 Å². The minimum atomic E-state index is -0.140. The van der Waals surface area contributed by atoms with Crippen LogP contribution in [0.25, 0.3) is 22.2 Å². The fourth-order valence-electron chi connectivity index (χ4n) is 3.69. The van der Waals surface area contributed by atoms with Crippen molar-refractivity contribution in [2.24, 2.45) is 0 Å². The van der Waals surface area contributed by atoms with Crippen LogP contribution in [0, 0.1) is 6.92 Å². The summed E-state index contributed by atoms with van der Waals surface area (Å²) >= 11 is 0. The summed E-state index contributed by atoms with van der Waals surface area (Å²) in [6.07, 6.45) is 0. The quantitative estimate of drug-likeness (QED) is 0.281. The minimum absolute atomic E-state index is 0.140. The molecule has 6 heteroatoms. The summed E-state index contributed by atoms with van der Waals surface area (Å²) in [6, 6.07) is 24.1. The zero-order chi connectivity index (χ0) is 22.8. The first-order valence-corrected chi connectivity index (χ1v) is 10.5. The highest BCUT2D eigenvalue weighted by Gasteiger charge is 2.19. The molecule has 6 nitrogen and oxygen atoms in total. The normalized spacial score (nSPS) is 11.0. The number of carbonyl (C=O) groups excluding carboxylic acids is 1. The molecule has 0 aliphatic rings. The van der Waals surface area contributed by atoms with Crippen molar-refractivity contribution >= 4 is 16.8 Å². The topological polar surface area (TPSA) is 74.7 Å². The van der Waals surface area contributed by atoms with Crippen molar-refractivity contribution in [1.29, 1.82) is 0 Å². The van der Waals surface area contributed by atoms with Gasteiger partial charge in [0.2, 0.25) is 5.78 Å². The Morgan fingerprint density at radius 1 is 0.939 bits per heavy atom. The Kier molecular flexibility index (Phi) is 5.40. The summed E-state index contributed by atoms with van der Waals surface area (Å²) in [5, 5.41) is 5.00. The number of fused-ring (bicyclic) bond motifs is 1. The SMILES string of the molecule is COc1cccc(-c2cc(COc3ccc4c(C)c(C(=O)c5ccccc5)oc4c3)on2)c1. The molecule has 0 unspecified atom stereocenters. The molecular weight excluding hydrogens is 418 g/mol. The number of nitrogens with zero attached hydrogens (tertiary/aromatic N) is 1. The third kappa shape index (κ3) is 4.11. The van der Waals surface area contributed by atoms with Gasteiger partial charge < -0.3 is 18.4 Å². The molecule has 33 heavy (non-hydrogen) atoms. The van der Waals surface area contributed by atoms with Crippen LogP contribution in [-0.4, -0.2) is 18.0 Å². The number of ether oxygens (including phenoxy) is 2. The molecule has 0 N–H and O–H groups in total. The van der Waals surface area contributed by atoms with Crippen molar-refractivity contribution < 1.29 is 23.2 Å². The maximum atomic E-state index is 12.8. The van der Waals surface area contributed by atoms with Crippen molar-refractivity contribution in [2.45, 2.75) is 13.5 Å². The first-order valence-electron chi connectivity index (χ1n) is 10.5. The van der Waals surface area contributed by atoms with Gasteiger partial charge >= 0.3 is 0 Å². The zero-order valence-electron chi connectivity index (χ0n) is 18.2. The average molecular weight is 439 g/mol. The van der Waals surface area contributed by atoms with Crippen LogP contribution in [0.4, 0.5) is 0 Å². The van der Waals surface area contributed by atoms with Crippen LogP contribution in [-0.2, 0) is 6.61 Å². The first kappa shape index (κ1) is 20.6. The van der Waals surface area contributed by atoms with Crippen LogP contribution in [0.2, 0.25) is 0 Å². The molecule has 0 aliphatic heterocycles. The summed E-state index contributed by atoms with van der Waals surface area (Å²) in [5.74, 6) is 2.14. The summed E-state index contributed by atoms with van der Waals surface area (Å²) < 4.78 is 22.5. The van der Waals surface area contributed by atoms with Gasteiger partial charge in [-0.2, -0.15) is 0 Å². The Morgan fingerprint density at radius 3 is 2.61 bits per heavy atom. The van der Waals surface area contributed by atoms with E-state index < -0.39 is 0 Å². The predicted octanol–water partition coefficient (Wildman–Crippen LogP) is 6.21. The lowest BCUT2D eigenvalue weighted by molar-refractivity contribution is 0.101. The standard InChI is InChI=1S/C27H21NO5/c1-17-23-12-11-21(15-25(23)32-27(17)26(29)18-7-4-3-5-8-18)31-16-22-14-24(28-33-22)19-9-6-10-20(13-19)30-2/h3-15H,16H2,1-2H3. The van der Waals surface area contributed by atoms with Crippen LogP contribution < -0.4 is 9.47 Å². The molecule has 0 amide bonds. The number of hydrogen-bond acceptors (Lipinski definition) is 6. The Morgan fingerprint density at radius 2 is 1.79 bits per heavy atom. The first-order chi connectivity index (χ1) is 16.1. The maximum absolute atomic E-state index is 12.8. The van der Waals surface area contributed by atoms with E-state index in [2.05, 4.69) is 5.16 Å². The molecule has 0 saturated heterocycles. The lowest BCUT2D eigenvalue weighted by Crippen LogP contribution is -2.00. The van der Waals surface area contributed by atoms with Gasteiger partial charge in [0.05, 0.1) is 7.11 Å². The lowest BCUT2D eigenvalue weighted by atomic mass is 10.0. The number of methoxy groups -OCH3 is 1. The fourth-order valence-corrected chi connectivity index (χ4v) is 3.69. The molecule has 0 fully saturated rings.